The number of nitrogens with zero attached hydrogens (tertiary/aromatic N) is 3. The lowest BCUT2D eigenvalue weighted by Crippen LogP contribution is -2.34. The molecule has 206 valence electrons. The van der Waals surface area contributed by atoms with Crippen molar-refractivity contribution in [2.75, 3.05) is 0 Å². The third-order valence-electron chi connectivity index (χ3n) is 5.32. The third-order valence-corrected chi connectivity index (χ3v) is 5.99. The van der Waals surface area contributed by atoms with Gasteiger partial charge in [-0.2, -0.15) is 13.2 Å². The highest BCUT2D eigenvalue weighted by Gasteiger charge is 2.39. The van der Waals surface area contributed by atoms with Crippen LogP contribution in [0.15, 0.2) is 59.2 Å². The van der Waals surface area contributed by atoms with Gasteiger partial charge in [-0.1, -0.05) is 0 Å². The van der Waals surface area contributed by atoms with E-state index in [1.165, 1.54) is 6.20 Å². The Hall–Kier alpha value is -3.75. The normalized spacial score (nSPS) is 12.9. The van der Waals surface area contributed by atoms with Crippen LogP contribution < -0.4 is 10.1 Å². The largest absolute Gasteiger partial charge is 0.573 e. The highest BCUT2D eigenvalue weighted by molar-refractivity contribution is 9.10. The van der Waals surface area contributed by atoms with E-state index in [4.69, 9.17) is 0 Å². The van der Waals surface area contributed by atoms with Gasteiger partial charge in [-0.15, -0.1) is 13.2 Å². The molecule has 0 aliphatic rings. The second kappa shape index (κ2) is 10.8. The molecule has 0 bridgehead atoms. The topological polar surface area (TPSA) is 69.0 Å². The van der Waals surface area contributed by atoms with Gasteiger partial charge in [0.25, 0.3) is 0 Å². The van der Waals surface area contributed by atoms with Gasteiger partial charge in [-0.05, 0) is 64.3 Å². The van der Waals surface area contributed by atoms with Crippen LogP contribution in [0, 0.1) is 11.6 Å². The van der Waals surface area contributed by atoms with Crippen LogP contribution in [0.25, 0.3) is 11.0 Å². The Morgan fingerprint density at radius 1 is 1.03 bits per heavy atom. The third kappa shape index (κ3) is 7.02. The summed E-state index contributed by atoms with van der Waals surface area (Å²) in [5.41, 5.74) is -0.442. The Labute approximate surface area is 222 Å². The molecule has 0 saturated carbocycles. The molecule has 0 saturated heterocycles. The Kier molecular flexibility index (Phi) is 7.82. The zero-order chi connectivity index (χ0) is 28.5. The predicted molar refractivity (Wildman–Crippen MR) is 124 cm³/mol. The van der Waals surface area contributed by atoms with Gasteiger partial charge in [0.15, 0.2) is 0 Å². The Balaban J connectivity index is 1.69. The monoisotopic (exact) mass is 622 g/mol. The lowest BCUT2D eigenvalue weighted by atomic mass is 10.0. The smallest absolute Gasteiger partial charge is 0.406 e. The maximum Gasteiger partial charge on any atom is 0.573 e. The van der Waals surface area contributed by atoms with Gasteiger partial charge in [-0.3, -0.25) is 9.78 Å². The molecule has 0 spiro atoms. The summed E-state index contributed by atoms with van der Waals surface area (Å²) in [5, 5.41) is 2.49. The molecule has 2 heterocycles. The van der Waals surface area contributed by atoms with Crippen LogP contribution in [0.5, 0.6) is 5.75 Å². The summed E-state index contributed by atoms with van der Waals surface area (Å²) in [7, 11) is 0. The number of imidazole rings is 1. The lowest BCUT2D eigenvalue weighted by Gasteiger charge is -2.21. The van der Waals surface area contributed by atoms with Crippen LogP contribution >= 0.6 is 15.9 Å². The van der Waals surface area contributed by atoms with E-state index in [1.54, 1.807) is 12.1 Å². The van der Waals surface area contributed by atoms with Gasteiger partial charge < -0.3 is 14.6 Å². The van der Waals surface area contributed by atoms with E-state index < -0.39 is 59.8 Å². The number of nitrogens with one attached hydrogen (secondary N) is 1. The van der Waals surface area contributed by atoms with Crippen molar-refractivity contribution in [3.8, 4) is 5.75 Å². The summed E-state index contributed by atoms with van der Waals surface area (Å²) >= 11 is 3.26. The quantitative estimate of drug-likeness (QED) is 0.239. The maximum atomic E-state index is 13.8. The van der Waals surface area contributed by atoms with E-state index in [1.807, 2.05) is 0 Å². The number of hydrogen-bond donors (Lipinski definition) is 1. The van der Waals surface area contributed by atoms with E-state index in [2.05, 4.69) is 36.0 Å². The number of hydrogen-bond acceptors (Lipinski definition) is 4. The number of halogens is 9. The first-order chi connectivity index (χ1) is 18.2. The Morgan fingerprint density at radius 3 is 2.33 bits per heavy atom. The molecule has 0 radical (unpaired) electrons. The number of aromatic nitrogens is 3. The summed E-state index contributed by atoms with van der Waals surface area (Å²) in [4.78, 5) is 20.6. The first-order valence-corrected chi connectivity index (χ1v) is 11.7. The fraction of sp³-hybridized carbons (Fsp3) is 0.208. The van der Waals surface area contributed by atoms with Crippen LogP contribution in [0.1, 0.15) is 23.1 Å². The van der Waals surface area contributed by atoms with E-state index in [0.29, 0.717) is 21.2 Å². The summed E-state index contributed by atoms with van der Waals surface area (Å²) in [6.45, 7) is -1.01. The Morgan fingerprint density at radius 2 is 1.72 bits per heavy atom. The van der Waals surface area contributed by atoms with Crippen molar-refractivity contribution < 1.29 is 44.7 Å². The molecule has 1 atom stereocenters. The van der Waals surface area contributed by atoms with Crippen LogP contribution in [0.3, 0.4) is 0 Å². The molecule has 2 aromatic carbocycles. The summed E-state index contributed by atoms with van der Waals surface area (Å²) < 4.78 is 111. The molecule has 1 amide bonds. The van der Waals surface area contributed by atoms with Crippen LogP contribution in [-0.2, 0) is 23.9 Å². The molecule has 15 heteroatoms. The molecular weight excluding hydrogens is 608 g/mol. The van der Waals surface area contributed by atoms with E-state index in [0.717, 1.165) is 24.3 Å². The molecule has 4 aromatic rings. The summed E-state index contributed by atoms with van der Waals surface area (Å²) in [6, 6.07) is 7.12. The minimum atomic E-state index is -5.11. The van der Waals surface area contributed by atoms with Crippen molar-refractivity contribution in [1.29, 1.82) is 0 Å². The number of fused-ring (bicyclic) bond motifs is 1. The first kappa shape index (κ1) is 28.3. The molecule has 0 aliphatic heterocycles. The number of alkyl halides is 6. The van der Waals surface area contributed by atoms with Crippen LogP contribution in [0.4, 0.5) is 35.1 Å². The number of carbonyl (C=O) groups is 1. The van der Waals surface area contributed by atoms with Crippen molar-refractivity contribution in [1.82, 2.24) is 19.9 Å². The maximum absolute atomic E-state index is 13.8. The fourth-order valence-corrected chi connectivity index (χ4v) is 4.43. The summed E-state index contributed by atoms with van der Waals surface area (Å²) in [5.74, 6) is -5.12. The predicted octanol–water partition coefficient (Wildman–Crippen LogP) is 6.49. The number of ether oxygens (including phenoxy) is 1. The first-order valence-electron chi connectivity index (χ1n) is 10.9. The van der Waals surface area contributed by atoms with E-state index in [-0.39, 0.29) is 23.2 Å². The minimum Gasteiger partial charge on any atom is -0.406 e. The molecular formula is C24H15BrF8N4O2. The van der Waals surface area contributed by atoms with Gasteiger partial charge in [0, 0.05) is 22.8 Å². The second-order valence-corrected chi connectivity index (χ2v) is 9.04. The molecule has 39 heavy (non-hydrogen) atoms. The Bertz CT molecular complexity index is 1500. The molecule has 0 fully saturated rings. The SMILES string of the molecule is O=C(Cn1c(C(F)(F)F)nc2ccc(OC(F)(F)F)cc21)NC(Cc1cc(F)cc(F)c1)c1ncccc1Br. The van der Waals surface area contributed by atoms with Crippen LogP contribution in [-0.4, -0.2) is 26.8 Å². The van der Waals surface area contributed by atoms with Crippen LogP contribution in [0.2, 0.25) is 0 Å². The number of carbonyl (C=O) groups excluding carboxylic acids is 1. The van der Waals surface area contributed by atoms with E-state index in [9.17, 15) is 39.9 Å². The van der Waals surface area contributed by atoms with Crippen molar-refractivity contribution in [3.05, 3.63) is 87.9 Å². The van der Waals surface area contributed by atoms with Gasteiger partial charge >= 0.3 is 12.5 Å². The van der Waals surface area contributed by atoms with Crippen molar-refractivity contribution in [3.63, 3.8) is 0 Å². The van der Waals surface area contributed by atoms with Crippen molar-refractivity contribution in [2.45, 2.75) is 31.5 Å². The number of rotatable bonds is 7. The molecule has 1 unspecified atom stereocenters. The van der Waals surface area contributed by atoms with Gasteiger partial charge in [-0.25, -0.2) is 13.8 Å². The average Bonchev–Trinajstić information content (AvgIpc) is 3.15. The zero-order valence-corrected chi connectivity index (χ0v) is 20.8. The zero-order valence-electron chi connectivity index (χ0n) is 19.2. The lowest BCUT2D eigenvalue weighted by molar-refractivity contribution is -0.274. The minimum absolute atomic E-state index is 0.119. The average molecular weight is 623 g/mol. The highest BCUT2D eigenvalue weighted by atomic mass is 79.9. The van der Waals surface area contributed by atoms with Crippen molar-refractivity contribution >= 4 is 32.9 Å². The number of amides is 1. The van der Waals surface area contributed by atoms with Gasteiger partial charge in [0.1, 0.15) is 23.9 Å². The standard InChI is InChI=1S/C24H15BrF8N4O2/c25-16-2-1-5-34-21(16)18(8-12-6-13(26)9-14(27)7-12)35-20(38)11-37-19-10-15(39-24(31,32)33)3-4-17(19)36-22(37)23(28,29)30/h1-7,9-10,18H,8,11H2,(H,35,38). The molecule has 0 aliphatic carbocycles. The molecule has 2 aromatic heterocycles. The van der Waals surface area contributed by atoms with Gasteiger partial charge in [0.05, 0.1) is 22.8 Å². The molecule has 6 nitrogen and oxygen atoms in total. The number of benzene rings is 2. The molecule has 1 N–H and O–H groups in total. The van der Waals surface area contributed by atoms with Gasteiger partial charge in [0.2, 0.25) is 11.7 Å². The highest BCUT2D eigenvalue weighted by Crippen LogP contribution is 2.34. The molecule has 4 rings (SSSR count). The van der Waals surface area contributed by atoms with E-state index >= 15 is 0 Å². The summed E-state index contributed by atoms with van der Waals surface area (Å²) in [6.07, 6.45) is -9.00. The number of pyridine rings is 1. The fourth-order valence-electron chi connectivity index (χ4n) is 3.89. The van der Waals surface area contributed by atoms with Crippen molar-refractivity contribution in [2.24, 2.45) is 0 Å². The second-order valence-electron chi connectivity index (χ2n) is 8.19.